The zero-order chi connectivity index (χ0) is 11.7. The number of aryl methyl sites for hydroxylation is 2. The van der Waals surface area contributed by atoms with Crippen LogP contribution in [0.15, 0.2) is 20.9 Å². The molecular weight excluding hydrogens is 244 g/mol. The van der Waals surface area contributed by atoms with Gasteiger partial charge in [-0.05, 0) is 32.9 Å². The molecule has 16 heavy (non-hydrogen) atoms. The molecule has 1 N–H and O–H groups in total. The van der Waals surface area contributed by atoms with E-state index in [1.807, 2.05) is 32.9 Å². The minimum absolute atomic E-state index is 0.543. The zero-order valence-electron chi connectivity index (χ0n) is 9.23. The van der Waals surface area contributed by atoms with Crippen molar-refractivity contribution in [2.45, 2.75) is 25.0 Å². The molecule has 0 aliphatic heterocycles. The average molecular weight is 256 g/mol. The van der Waals surface area contributed by atoms with Gasteiger partial charge in [0.25, 0.3) is 0 Å². The molecule has 86 valence electrons. The van der Waals surface area contributed by atoms with Crippen LogP contribution in [0.4, 0.5) is 5.82 Å². The van der Waals surface area contributed by atoms with Crippen molar-refractivity contribution in [1.29, 1.82) is 0 Å². The Kier molecular flexibility index (Phi) is 3.11. The van der Waals surface area contributed by atoms with E-state index in [4.69, 9.17) is 4.52 Å². The Hall–Kier alpha value is -1.14. The molecule has 0 saturated heterocycles. The van der Waals surface area contributed by atoms with Crippen LogP contribution in [0.2, 0.25) is 0 Å². The van der Waals surface area contributed by atoms with Crippen LogP contribution in [0.3, 0.4) is 0 Å². The molecule has 4 nitrogen and oxygen atoms in total. The monoisotopic (exact) mass is 256 g/mol. The second kappa shape index (κ2) is 4.39. The summed E-state index contributed by atoms with van der Waals surface area (Å²) < 4.78 is 20.5. The fourth-order valence-electron chi connectivity index (χ4n) is 1.16. The molecule has 2 rings (SSSR count). The van der Waals surface area contributed by atoms with E-state index in [1.165, 1.54) is 11.3 Å². The number of hydrogen-bond acceptors (Lipinski definition) is 4. The van der Waals surface area contributed by atoms with Gasteiger partial charge in [0.05, 0.1) is 0 Å². The Morgan fingerprint density at radius 2 is 2.12 bits per heavy atom. The van der Waals surface area contributed by atoms with Crippen molar-refractivity contribution in [3.05, 3.63) is 28.3 Å². The van der Waals surface area contributed by atoms with E-state index in [0.717, 1.165) is 20.4 Å². The van der Waals surface area contributed by atoms with E-state index in [2.05, 4.69) is 9.88 Å². The van der Waals surface area contributed by atoms with Crippen molar-refractivity contribution in [2.75, 3.05) is 4.72 Å². The molecule has 0 aliphatic rings. The summed E-state index contributed by atoms with van der Waals surface area (Å²) in [4.78, 5) is 1.14. The van der Waals surface area contributed by atoms with E-state index < -0.39 is 11.0 Å². The molecule has 0 saturated carbocycles. The Bertz CT molecular complexity index is 531. The molecule has 1 unspecified atom stereocenters. The third-order valence-electron chi connectivity index (χ3n) is 2.24. The van der Waals surface area contributed by atoms with Crippen LogP contribution >= 0.6 is 11.3 Å². The molecular formula is C10H12N2O2S2. The Labute approximate surface area is 100 Å². The second-order valence-electron chi connectivity index (χ2n) is 3.45. The Morgan fingerprint density at radius 3 is 2.62 bits per heavy atom. The van der Waals surface area contributed by atoms with Crippen LogP contribution in [-0.2, 0) is 11.0 Å². The number of thiophene rings is 1. The summed E-state index contributed by atoms with van der Waals surface area (Å²) >= 11 is 1.51. The predicted molar refractivity (Wildman–Crippen MR) is 65.1 cm³/mol. The molecule has 0 fully saturated rings. The molecule has 2 heterocycles. The molecule has 2 aromatic rings. The predicted octanol–water partition coefficient (Wildman–Crippen LogP) is 2.80. The zero-order valence-corrected chi connectivity index (χ0v) is 10.9. The maximum atomic E-state index is 11.9. The van der Waals surface area contributed by atoms with Crippen molar-refractivity contribution < 1.29 is 8.73 Å². The molecule has 2 aromatic heterocycles. The van der Waals surface area contributed by atoms with Gasteiger partial charge in [0.1, 0.15) is 9.97 Å². The molecule has 6 heteroatoms. The van der Waals surface area contributed by atoms with Gasteiger partial charge in [0.15, 0.2) is 16.8 Å². The number of nitrogens with one attached hydrogen (secondary N) is 1. The lowest BCUT2D eigenvalue weighted by molar-refractivity contribution is 0.399. The van der Waals surface area contributed by atoms with Gasteiger partial charge in [-0.15, -0.1) is 11.3 Å². The van der Waals surface area contributed by atoms with E-state index >= 15 is 0 Å². The maximum absolute atomic E-state index is 11.9. The van der Waals surface area contributed by atoms with E-state index in [-0.39, 0.29) is 0 Å². The van der Waals surface area contributed by atoms with Gasteiger partial charge in [-0.1, -0.05) is 5.16 Å². The van der Waals surface area contributed by atoms with Crippen LogP contribution in [0, 0.1) is 20.8 Å². The smallest absolute Gasteiger partial charge is 0.184 e. The Morgan fingerprint density at radius 1 is 1.38 bits per heavy atom. The largest absolute Gasteiger partial charge is 0.359 e. The normalized spacial score (nSPS) is 12.7. The summed E-state index contributed by atoms with van der Waals surface area (Å²) in [6.07, 6.45) is 0. The quantitative estimate of drug-likeness (QED) is 0.918. The lowest BCUT2D eigenvalue weighted by atomic mass is 10.3. The number of aromatic nitrogens is 1. The second-order valence-corrected chi connectivity index (χ2v) is 6.18. The third kappa shape index (κ3) is 2.17. The SMILES string of the molecule is Cc1ccc(S(=O)Nc2noc(C)c2C)s1. The minimum Gasteiger partial charge on any atom is -0.359 e. The summed E-state index contributed by atoms with van der Waals surface area (Å²) in [5, 5.41) is 3.81. The van der Waals surface area contributed by atoms with Crippen LogP contribution in [0.1, 0.15) is 16.2 Å². The molecule has 0 spiro atoms. The first kappa shape index (κ1) is 11.3. The van der Waals surface area contributed by atoms with Gasteiger partial charge < -0.3 is 4.52 Å². The number of rotatable bonds is 3. The van der Waals surface area contributed by atoms with E-state index in [9.17, 15) is 4.21 Å². The molecule has 0 amide bonds. The topological polar surface area (TPSA) is 55.1 Å². The first-order chi connectivity index (χ1) is 7.58. The van der Waals surface area contributed by atoms with E-state index in [0.29, 0.717) is 5.82 Å². The van der Waals surface area contributed by atoms with Crippen LogP contribution in [0.5, 0.6) is 0 Å². The van der Waals surface area contributed by atoms with Crippen molar-refractivity contribution in [3.63, 3.8) is 0 Å². The molecule has 0 bridgehead atoms. The average Bonchev–Trinajstić information content (AvgIpc) is 2.79. The maximum Gasteiger partial charge on any atom is 0.184 e. The number of hydrogen-bond donors (Lipinski definition) is 1. The van der Waals surface area contributed by atoms with Gasteiger partial charge in [-0.2, -0.15) is 0 Å². The van der Waals surface area contributed by atoms with Gasteiger partial charge in [-0.25, -0.2) is 4.21 Å². The number of anilines is 1. The first-order valence-electron chi connectivity index (χ1n) is 4.75. The lowest BCUT2D eigenvalue weighted by Crippen LogP contribution is -2.04. The van der Waals surface area contributed by atoms with Crippen LogP contribution < -0.4 is 4.72 Å². The summed E-state index contributed by atoms with van der Waals surface area (Å²) in [6.45, 7) is 5.69. The van der Waals surface area contributed by atoms with Crippen molar-refractivity contribution >= 4 is 28.1 Å². The highest BCUT2D eigenvalue weighted by molar-refractivity contribution is 7.88. The molecule has 1 atom stereocenters. The van der Waals surface area contributed by atoms with Gasteiger partial charge >= 0.3 is 0 Å². The number of nitrogens with zero attached hydrogens (tertiary/aromatic N) is 1. The highest BCUT2D eigenvalue weighted by Crippen LogP contribution is 2.22. The highest BCUT2D eigenvalue weighted by Gasteiger charge is 2.12. The first-order valence-corrected chi connectivity index (χ1v) is 6.72. The van der Waals surface area contributed by atoms with E-state index in [1.54, 1.807) is 0 Å². The minimum atomic E-state index is -1.26. The molecule has 0 radical (unpaired) electrons. The lowest BCUT2D eigenvalue weighted by Gasteiger charge is -2.00. The fourth-order valence-corrected chi connectivity index (χ4v) is 3.23. The summed E-state index contributed by atoms with van der Waals surface area (Å²) in [7, 11) is -1.26. The highest BCUT2D eigenvalue weighted by atomic mass is 32.2. The van der Waals surface area contributed by atoms with Crippen molar-refractivity contribution in [3.8, 4) is 0 Å². The summed E-state index contributed by atoms with van der Waals surface area (Å²) in [6, 6.07) is 3.80. The Balaban J connectivity index is 2.17. The molecule has 0 aromatic carbocycles. The summed E-state index contributed by atoms with van der Waals surface area (Å²) in [5.74, 6) is 1.28. The summed E-state index contributed by atoms with van der Waals surface area (Å²) in [5.41, 5.74) is 0.890. The van der Waals surface area contributed by atoms with Crippen LogP contribution in [-0.4, -0.2) is 9.37 Å². The van der Waals surface area contributed by atoms with Gasteiger partial charge in [0, 0.05) is 10.4 Å². The standard InChI is InChI=1S/C10H12N2O2S2/c1-6-4-5-9(15-6)16(13)12-10-7(2)8(3)14-11-10/h4-5H,1-3H3,(H,11,12). The van der Waals surface area contributed by atoms with Gasteiger partial charge in [0.2, 0.25) is 0 Å². The molecule has 0 aliphatic carbocycles. The third-order valence-corrected chi connectivity index (χ3v) is 4.62. The van der Waals surface area contributed by atoms with Crippen molar-refractivity contribution in [1.82, 2.24) is 5.16 Å². The van der Waals surface area contributed by atoms with Crippen LogP contribution in [0.25, 0.3) is 0 Å². The van der Waals surface area contributed by atoms with Gasteiger partial charge in [-0.3, -0.25) is 4.72 Å². The fraction of sp³-hybridized carbons (Fsp3) is 0.300. The van der Waals surface area contributed by atoms with Crippen molar-refractivity contribution in [2.24, 2.45) is 0 Å².